The highest BCUT2D eigenvalue weighted by atomic mass is 16.2. The van der Waals surface area contributed by atoms with Gasteiger partial charge in [-0.2, -0.15) is 0 Å². The first-order valence-corrected chi connectivity index (χ1v) is 5.89. The Kier molecular flexibility index (Phi) is 3.70. The molecule has 0 bridgehead atoms. The number of carbonyl (C=O) groups excluding carboxylic acids is 1. The fraction of sp³-hybridized carbons (Fsp3) is 0.700. The van der Waals surface area contributed by atoms with Gasteiger partial charge in [0.1, 0.15) is 0 Å². The molecule has 0 aromatic carbocycles. The molecule has 1 fully saturated rings. The van der Waals surface area contributed by atoms with Crippen molar-refractivity contribution in [1.82, 2.24) is 25.3 Å². The zero-order chi connectivity index (χ0) is 12.3. The molecule has 1 aromatic rings. The molecular weight excluding hydrogens is 220 g/mol. The van der Waals surface area contributed by atoms with Gasteiger partial charge in [0.25, 0.3) is 5.91 Å². The van der Waals surface area contributed by atoms with E-state index in [1.165, 1.54) is 12.8 Å². The summed E-state index contributed by atoms with van der Waals surface area (Å²) in [6, 6.07) is 0.746. The van der Waals surface area contributed by atoms with Gasteiger partial charge in [-0.3, -0.25) is 19.8 Å². The maximum Gasteiger partial charge on any atom is 0.287 e. The molecule has 1 aliphatic carbocycles. The van der Waals surface area contributed by atoms with Gasteiger partial charge in [-0.05, 0) is 19.4 Å². The number of nitrogens with one attached hydrogen (secondary N) is 1. The maximum atomic E-state index is 11.2. The fourth-order valence-electron chi connectivity index (χ4n) is 1.86. The van der Waals surface area contributed by atoms with E-state index in [-0.39, 0.29) is 5.69 Å². The molecule has 1 amide bonds. The minimum Gasteiger partial charge on any atom is -0.299 e. The Bertz CT molecular complexity index is 386. The Balaban J connectivity index is 1.86. The van der Waals surface area contributed by atoms with Gasteiger partial charge in [-0.1, -0.05) is 12.1 Å². The number of nitrogen functional groups attached to an aromatic ring is 1. The summed E-state index contributed by atoms with van der Waals surface area (Å²) < 4.78 is 1.68. The van der Waals surface area contributed by atoms with E-state index < -0.39 is 5.91 Å². The predicted octanol–water partition coefficient (Wildman–Crippen LogP) is -0.634. The zero-order valence-corrected chi connectivity index (χ0v) is 9.96. The molecule has 17 heavy (non-hydrogen) atoms. The third kappa shape index (κ3) is 3.01. The van der Waals surface area contributed by atoms with Crippen LogP contribution in [0.5, 0.6) is 0 Å². The first-order chi connectivity index (χ1) is 8.24. The Hall–Kier alpha value is -1.47. The van der Waals surface area contributed by atoms with Gasteiger partial charge in [-0.15, -0.1) is 5.10 Å². The van der Waals surface area contributed by atoms with Crippen LogP contribution in [0.25, 0.3) is 0 Å². The van der Waals surface area contributed by atoms with Crippen molar-refractivity contribution in [2.24, 2.45) is 5.84 Å². The molecule has 0 saturated heterocycles. The molecule has 1 heterocycles. The Morgan fingerprint density at radius 1 is 1.71 bits per heavy atom. The van der Waals surface area contributed by atoms with Gasteiger partial charge in [0.2, 0.25) is 0 Å². The Morgan fingerprint density at radius 2 is 2.47 bits per heavy atom. The van der Waals surface area contributed by atoms with Crippen molar-refractivity contribution in [3.8, 4) is 0 Å². The highest BCUT2D eigenvalue weighted by Crippen LogP contribution is 2.26. The number of amides is 1. The van der Waals surface area contributed by atoms with Crippen molar-refractivity contribution < 1.29 is 4.79 Å². The summed E-state index contributed by atoms with van der Waals surface area (Å²) in [7, 11) is 0. The standard InChI is InChI=1S/C10H18N6O/c1-2-15(8-3-4-8)5-6-16-7-9(13-14-16)10(17)12-11/h7-8H,2-6,11H2,1H3,(H,12,17). The van der Waals surface area contributed by atoms with Crippen LogP contribution in [0.15, 0.2) is 6.20 Å². The molecule has 1 saturated carbocycles. The average Bonchev–Trinajstić information content (AvgIpc) is 3.07. The summed E-state index contributed by atoms with van der Waals surface area (Å²) in [5.74, 6) is 4.61. The van der Waals surface area contributed by atoms with Crippen molar-refractivity contribution in [2.45, 2.75) is 32.4 Å². The number of hydrazine groups is 1. The van der Waals surface area contributed by atoms with Gasteiger partial charge < -0.3 is 0 Å². The van der Waals surface area contributed by atoms with E-state index in [4.69, 9.17) is 5.84 Å². The van der Waals surface area contributed by atoms with Crippen molar-refractivity contribution in [3.05, 3.63) is 11.9 Å². The van der Waals surface area contributed by atoms with Gasteiger partial charge >= 0.3 is 0 Å². The molecule has 7 heteroatoms. The summed E-state index contributed by atoms with van der Waals surface area (Å²) >= 11 is 0. The number of carbonyl (C=O) groups is 1. The van der Waals surface area contributed by atoms with Crippen LogP contribution in [0, 0.1) is 0 Å². The zero-order valence-electron chi connectivity index (χ0n) is 9.96. The van der Waals surface area contributed by atoms with Crippen molar-refractivity contribution in [1.29, 1.82) is 0 Å². The fourth-order valence-corrected chi connectivity index (χ4v) is 1.86. The molecule has 0 radical (unpaired) electrons. The first-order valence-electron chi connectivity index (χ1n) is 5.89. The van der Waals surface area contributed by atoms with E-state index in [1.807, 2.05) is 5.43 Å². The molecule has 7 nitrogen and oxygen atoms in total. The topological polar surface area (TPSA) is 89.1 Å². The lowest BCUT2D eigenvalue weighted by Gasteiger charge is -2.18. The molecular formula is C10H18N6O. The van der Waals surface area contributed by atoms with Crippen molar-refractivity contribution in [2.75, 3.05) is 13.1 Å². The molecule has 0 unspecified atom stereocenters. The van der Waals surface area contributed by atoms with Gasteiger partial charge in [-0.25, -0.2) is 5.84 Å². The lowest BCUT2D eigenvalue weighted by Crippen LogP contribution is -2.30. The summed E-state index contributed by atoms with van der Waals surface area (Å²) in [6.45, 7) is 4.89. The molecule has 0 spiro atoms. The SMILES string of the molecule is CCN(CCn1cc(C(=O)NN)nn1)C1CC1. The second-order valence-electron chi connectivity index (χ2n) is 4.20. The number of likely N-dealkylation sites (N-methyl/N-ethyl adjacent to an activating group) is 1. The van der Waals surface area contributed by atoms with Crippen LogP contribution in [0.2, 0.25) is 0 Å². The van der Waals surface area contributed by atoms with Crippen LogP contribution in [0.3, 0.4) is 0 Å². The number of nitrogens with zero attached hydrogens (tertiary/aromatic N) is 4. The van der Waals surface area contributed by atoms with Crippen LogP contribution >= 0.6 is 0 Å². The highest BCUT2D eigenvalue weighted by molar-refractivity contribution is 5.91. The largest absolute Gasteiger partial charge is 0.299 e. The van der Waals surface area contributed by atoms with Crippen LogP contribution in [0.4, 0.5) is 0 Å². The van der Waals surface area contributed by atoms with Crippen LogP contribution < -0.4 is 11.3 Å². The third-order valence-electron chi connectivity index (χ3n) is 2.99. The Morgan fingerprint density at radius 3 is 3.06 bits per heavy atom. The summed E-state index contributed by atoms with van der Waals surface area (Å²) in [4.78, 5) is 13.6. The number of nitrogens with two attached hydrogens (primary N) is 1. The quantitative estimate of drug-likeness (QED) is 0.391. The van der Waals surface area contributed by atoms with Crippen LogP contribution in [-0.4, -0.2) is 44.9 Å². The maximum absolute atomic E-state index is 11.2. The van der Waals surface area contributed by atoms with E-state index in [2.05, 4.69) is 22.1 Å². The second kappa shape index (κ2) is 5.24. The molecule has 0 aliphatic heterocycles. The monoisotopic (exact) mass is 238 g/mol. The lowest BCUT2D eigenvalue weighted by atomic mass is 10.4. The average molecular weight is 238 g/mol. The second-order valence-corrected chi connectivity index (χ2v) is 4.20. The third-order valence-corrected chi connectivity index (χ3v) is 2.99. The summed E-state index contributed by atoms with van der Waals surface area (Å²) in [5, 5.41) is 7.65. The minimum atomic E-state index is -0.411. The molecule has 3 N–H and O–H groups in total. The number of hydrogen-bond donors (Lipinski definition) is 2. The first kappa shape index (κ1) is 12.0. The summed E-state index contributed by atoms with van der Waals surface area (Å²) in [6.07, 6.45) is 4.21. The molecule has 1 aromatic heterocycles. The Labute approximate surface area is 99.9 Å². The summed E-state index contributed by atoms with van der Waals surface area (Å²) in [5.41, 5.74) is 2.29. The van der Waals surface area contributed by atoms with E-state index in [9.17, 15) is 4.79 Å². The smallest absolute Gasteiger partial charge is 0.287 e. The van der Waals surface area contributed by atoms with E-state index >= 15 is 0 Å². The molecule has 1 aliphatic rings. The number of rotatable bonds is 6. The van der Waals surface area contributed by atoms with Crippen LogP contribution in [-0.2, 0) is 6.54 Å². The molecule has 0 atom stereocenters. The van der Waals surface area contributed by atoms with Gasteiger partial charge in [0.05, 0.1) is 12.7 Å². The normalized spacial score (nSPS) is 15.2. The van der Waals surface area contributed by atoms with Gasteiger partial charge in [0.15, 0.2) is 5.69 Å². The van der Waals surface area contributed by atoms with Crippen LogP contribution in [0.1, 0.15) is 30.3 Å². The van der Waals surface area contributed by atoms with Crippen molar-refractivity contribution in [3.63, 3.8) is 0 Å². The predicted molar refractivity (Wildman–Crippen MR) is 61.9 cm³/mol. The lowest BCUT2D eigenvalue weighted by molar-refractivity contribution is 0.0948. The van der Waals surface area contributed by atoms with E-state index in [0.717, 1.165) is 25.7 Å². The highest BCUT2D eigenvalue weighted by Gasteiger charge is 2.27. The number of hydrogen-bond acceptors (Lipinski definition) is 5. The molecule has 2 rings (SSSR count). The van der Waals surface area contributed by atoms with E-state index in [1.54, 1.807) is 10.9 Å². The van der Waals surface area contributed by atoms with Gasteiger partial charge in [0, 0.05) is 12.6 Å². The molecule has 94 valence electrons. The number of aromatic nitrogens is 3. The van der Waals surface area contributed by atoms with Crippen molar-refractivity contribution >= 4 is 5.91 Å². The minimum absolute atomic E-state index is 0.252. The van der Waals surface area contributed by atoms with E-state index in [0.29, 0.717) is 0 Å².